The quantitative estimate of drug-likeness (QED) is 0.513. The number of carbonyl (C=O) groups is 3. The molecule has 7 heteroatoms. The Balaban J connectivity index is 2.73. The summed E-state index contributed by atoms with van der Waals surface area (Å²) in [5.74, 6) is -1.29. The van der Waals surface area contributed by atoms with E-state index in [1.807, 2.05) is 0 Å². The van der Waals surface area contributed by atoms with Crippen LogP contribution in [0.25, 0.3) is 0 Å². The van der Waals surface area contributed by atoms with Crippen molar-refractivity contribution in [1.82, 2.24) is 10.2 Å². The molecule has 1 aliphatic heterocycles. The first kappa shape index (κ1) is 17.2. The zero-order valence-electron chi connectivity index (χ0n) is 12.4. The van der Waals surface area contributed by atoms with Gasteiger partial charge >= 0.3 is 5.97 Å². The van der Waals surface area contributed by atoms with Crippen LogP contribution in [0.1, 0.15) is 26.2 Å². The molecule has 1 rings (SSSR count). The van der Waals surface area contributed by atoms with Gasteiger partial charge in [-0.05, 0) is 12.8 Å². The Morgan fingerprint density at radius 1 is 1.52 bits per heavy atom. The van der Waals surface area contributed by atoms with Crippen LogP contribution in [0.2, 0.25) is 0 Å². The van der Waals surface area contributed by atoms with Crippen LogP contribution in [-0.2, 0) is 19.1 Å². The highest BCUT2D eigenvalue weighted by molar-refractivity contribution is 5.90. The van der Waals surface area contributed by atoms with Crippen LogP contribution in [0.5, 0.6) is 0 Å². The maximum Gasteiger partial charge on any atom is 0.328 e. The Bertz CT molecular complexity index is 424. The van der Waals surface area contributed by atoms with Crippen molar-refractivity contribution >= 4 is 17.8 Å². The van der Waals surface area contributed by atoms with Crippen LogP contribution in [0, 0.1) is 0 Å². The van der Waals surface area contributed by atoms with Crippen molar-refractivity contribution in [2.24, 2.45) is 0 Å². The van der Waals surface area contributed by atoms with E-state index in [2.05, 4.69) is 16.6 Å². The second kappa shape index (κ2) is 7.78. The zero-order chi connectivity index (χ0) is 16.0. The van der Waals surface area contributed by atoms with Crippen molar-refractivity contribution < 1.29 is 24.2 Å². The van der Waals surface area contributed by atoms with Gasteiger partial charge in [0.2, 0.25) is 11.8 Å². The van der Waals surface area contributed by atoms with E-state index in [1.165, 1.54) is 18.9 Å². The van der Waals surface area contributed by atoms with Gasteiger partial charge in [-0.1, -0.05) is 6.08 Å². The Kier molecular flexibility index (Phi) is 6.36. The molecule has 0 spiro atoms. The summed E-state index contributed by atoms with van der Waals surface area (Å²) in [4.78, 5) is 36.7. The van der Waals surface area contributed by atoms with Crippen LogP contribution < -0.4 is 5.32 Å². The van der Waals surface area contributed by atoms with Crippen LogP contribution in [0.3, 0.4) is 0 Å². The van der Waals surface area contributed by atoms with Crippen molar-refractivity contribution in [3.05, 3.63) is 12.7 Å². The van der Waals surface area contributed by atoms with Gasteiger partial charge in [-0.15, -0.1) is 6.58 Å². The average molecular weight is 298 g/mol. The number of hydrogen-bond acceptors (Lipinski definition) is 5. The molecule has 7 nitrogen and oxygen atoms in total. The number of methoxy groups -OCH3 is 1. The lowest BCUT2D eigenvalue weighted by molar-refractivity contribution is -0.146. The van der Waals surface area contributed by atoms with Gasteiger partial charge in [-0.3, -0.25) is 9.59 Å². The lowest BCUT2D eigenvalue weighted by atomic mass is 10.1. The first-order valence-corrected chi connectivity index (χ1v) is 6.85. The molecule has 3 atom stereocenters. The minimum absolute atomic E-state index is 0.128. The van der Waals surface area contributed by atoms with E-state index < -0.39 is 30.1 Å². The minimum atomic E-state index is -0.785. The fourth-order valence-electron chi connectivity index (χ4n) is 2.35. The van der Waals surface area contributed by atoms with E-state index in [4.69, 9.17) is 0 Å². The lowest BCUT2D eigenvalue weighted by Crippen LogP contribution is -2.50. The van der Waals surface area contributed by atoms with E-state index in [0.717, 1.165) is 0 Å². The summed E-state index contributed by atoms with van der Waals surface area (Å²) in [6.07, 6.45) is 2.00. The number of nitrogens with zero attached hydrogens (tertiary/aromatic N) is 1. The van der Waals surface area contributed by atoms with Gasteiger partial charge in [-0.2, -0.15) is 0 Å². The molecule has 21 heavy (non-hydrogen) atoms. The molecule has 0 aromatic heterocycles. The van der Waals surface area contributed by atoms with Gasteiger partial charge in [0.15, 0.2) is 0 Å². The number of aliphatic hydroxyl groups is 1. The van der Waals surface area contributed by atoms with Crippen LogP contribution in [0.15, 0.2) is 12.7 Å². The molecule has 1 aliphatic rings. The van der Waals surface area contributed by atoms with Gasteiger partial charge in [-0.25, -0.2) is 4.79 Å². The number of hydrogen-bond donors (Lipinski definition) is 2. The van der Waals surface area contributed by atoms with Crippen LogP contribution in [0.4, 0.5) is 0 Å². The molecule has 0 saturated carbocycles. The summed E-state index contributed by atoms with van der Waals surface area (Å²) in [5, 5.41) is 12.2. The molecule has 0 unspecified atom stereocenters. The van der Waals surface area contributed by atoms with E-state index in [9.17, 15) is 19.5 Å². The van der Waals surface area contributed by atoms with Gasteiger partial charge in [0, 0.05) is 19.9 Å². The maximum atomic E-state index is 12.2. The summed E-state index contributed by atoms with van der Waals surface area (Å²) in [5.41, 5.74) is 0. The van der Waals surface area contributed by atoms with Gasteiger partial charge in [0.25, 0.3) is 0 Å². The highest BCUT2D eigenvalue weighted by Crippen LogP contribution is 2.18. The molecule has 1 saturated heterocycles. The Labute approximate surface area is 123 Å². The number of nitrogens with one attached hydrogen (secondary N) is 1. The largest absolute Gasteiger partial charge is 0.467 e. The zero-order valence-corrected chi connectivity index (χ0v) is 12.4. The third kappa shape index (κ3) is 4.56. The summed E-state index contributed by atoms with van der Waals surface area (Å²) >= 11 is 0. The molecule has 2 N–H and O–H groups in total. The number of rotatable bonds is 6. The monoisotopic (exact) mass is 298 g/mol. The smallest absolute Gasteiger partial charge is 0.328 e. The predicted molar refractivity (Wildman–Crippen MR) is 75.2 cm³/mol. The molecular formula is C14H22N2O5. The normalized spacial score (nSPS) is 22.5. The Morgan fingerprint density at radius 2 is 2.19 bits per heavy atom. The molecule has 118 valence electrons. The molecule has 1 heterocycles. The fraction of sp³-hybridized carbons (Fsp3) is 0.643. The second-order valence-electron chi connectivity index (χ2n) is 5.03. The third-order valence-electron chi connectivity index (χ3n) is 3.45. The summed E-state index contributed by atoms with van der Waals surface area (Å²) in [7, 11) is 1.25. The predicted octanol–water partition coefficient (Wildman–Crippen LogP) is -0.408. The molecule has 0 aliphatic carbocycles. The summed E-state index contributed by atoms with van der Waals surface area (Å²) < 4.78 is 4.65. The average Bonchev–Trinajstić information content (AvgIpc) is 2.84. The van der Waals surface area contributed by atoms with Crippen molar-refractivity contribution in [3.8, 4) is 0 Å². The Hall–Kier alpha value is -1.89. The second-order valence-corrected chi connectivity index (χ2v) is 5.03. The highest BCUT2D eigenvalue weighted by Gasteiger charge is 2.38. The highest BCUT2D eigenvalue weighted by atomic mass is 16.5. The molecule has 2 amide bonds. The molecule has 0 radical (unpaired) electrons. The summed E-state index contributed by atoms with van der Waals surface area (Å²) in [6.45, 7) is 5.04. The maximum absolute atomic E-state index is 12.2. The number of likely N-dealkylation sites (tertiary alicyclic amines) is 1. The molecule has 1 fully saturated rings. The van der Waals surface area contributed by atoms with Crippen molar-refractivity contribution in [2.75, 3.05) is 13.7 Å². The van der Waals surface area contributed by atoms with Gasteiger partial charge < -0.3 is 20.1 Å². The van der Waals surface area contributed by atoms with Crippen molar-refractivity contribution in [1.29, 1.82) is 0 Å². The van der Waals surface area contributed by atoms with E-state index in [-0.39, 0.29) is 18.9 Å². The Morgan fingerprint density at radius 3 is 2.71 bits per heavy atom. The van der Waals surface area contributed by atoms with E-state index in [1.54, 1.807) is 6.08 Å². The SMILES string of the molecule is C=CCC[C@@H](NC(=O)[C@@H]1C[C@@H](O)CN1C(C)=O)C(=O)OC. The van der Waals surface area contributed by atoms with E-state index in [0.29, 0.717) is 12.8 Å². The fourth-order valence-corrected chi connectivity index (χ4v) is 2.35. The van der Waals surface area contributed by atoms with Gasteiger partial charge in [0.05, 0.1) is 13.2 Å². The number of allylic oxidation sites excluding steroid dienone is 1. The number of esters is 1. The van der Waals surface area contributed by atoms with Crippen LogP contribution >= 0.6 is 0 Å². The lowest BCUT2D eigenvalue weighted by Gasteiger charge is -2.24. The number of β-amino-alcohol motifs (C(OH)–C–C–N with tert-alkyl or cyclic N) is 1. The van der Waals surface area contributed by atoms with Gasteiger partial charge in [0.1, 0.15) is 12.1 Å². The van der Waals surface area contributed by atoms with Crippen molar-refractivity contribution in [3.63, 3.8) is 0 Å². The standard InChI is InChI=1S/C14H22N2O5/c1-4-5-6-11(14(20)21-3)15-13(19)12-7-10(18)8-16(12)9(2)17/h4,10-12,18H,1,5-8H2,2-3H3,(H,15,19)/t10-,11-,12+/m1/s1. The minimum Gasteiger partial charge on any atom is -0.467 e. The molecule has 0 aromatic carbocycles. The summed E-state index contributed by atoms with van der Waals surface area (Å²) in [6, 6.07) is -1.54. The van der Waals surface area contributed by atoms with E-state index >= 15 is 0 Å². The first-order valence-electron chi connectivity index (χ1n) is 6.85. The van der Waals surface area contributed by atoms with Crippen molar-refractivity contribution in [2.45, 2.75) is 44.4 Å². The third-order valence-corrected chi connectivity index (χ3v) is 3.45. The molecule has 0 aromatic rings. The number of aliphatic hydroxyl groups excluding tert-OH is 1. The molecular weight excluding hydrogens is 276 g/mol. The van der Waals surface area contributed by atoms with Crippen LogP contribution in [-0.4, -0.2) is 59.6 Å². The number of ether oxygens (including phenoxy) is 1. The topological polar surface area (TPSA) is 95.9 Å². The first-order chi connectivity index (χ1) is 9.90. The number of carbonyl (C=O) groups excluding carboxylic acids is 3. The molecule has 0 bridgehead atoms. The number of amides is 2.